The molecule has 3 N–H and O–H groups in total. The van der Waals surface area contributed by atoms with E-state index in [9.17, 15) is 0 Å². The molecular formula is C12H19N3. The molecule has 1 saturated carbocycles. The summed E-state index contributed by atoms with van der Waals surface area (Å²) in [6.07, 6.45) is 6.72. The van der Waals surface area contributed by atoms with E-state index in [-0.39, 0.29) is 0 Å². The Bertz CT molecular complexity index is 324. The molecule has 1 aliphatic carbocycles. The summed E-state index contributed by atoms with van der Waals surface area (Å²) in [5.41, 5.74) is 8.28. The quantitative estimate of drug-likeness (QED) is 0.777. The molecule has 0 spiro atoms. The number of nitrogens with zero attached hydrogens (tertiary/aromatic N) is 1. The minimum atomic E-state index is 0.298. The number of hydrogen-bond donors (Lipinski definition) is 2. The van der Waals surface area contributed by atoms with Crippen LogP contribution in [0.15, 0.2) is 18.3 Å². The van der Waals surface area contributed by atoms with Crippen LogP contribution in [0.2, 0.25) is 0 Å². The summed E-state index contributed by atoms with van der Waals surface area (Å²) in [4.78, 5) is 4.18. The molecule has 3 nitrogen and oxygen atoms in total. The van der Waals surface area contributed by atoms with Gasteiger partial charge in [0.15, 0.2) is 0 Å². The maximum atomic E-state index is 6.09. The second kappa shape index (κ2) is 4.62. The zero-order valence-corrected chi connectivity index (χ0v) is 9.24. The van der Waals surface area contributed by atoms with Gasteiger partial charge < -0.3 is 11.1 Å². The lowest BCUT2D eigenvalue weighted by Gasteiger charge is -2.30. The molecule has 0 unspecified atom stereocenters. The highest BCUT2D eigenvalue weighted by molar-refractivity contribution is 5.44. The lowest BCUT2D eigenvalue weighted by Crippen LogP contribution is -2.42. The number of rotatable bonds is 2. The second-order valence-corrected chi connectivity index (χ2v) is 4.39. The predicted octanol–water partition coefficient (Wildman–Crippen LogP) is 2.07. The molecule has 1 fully saturated rings. The summed E-state index contributed by atoms with van der Waals surface area (Å²) in [7, 11) is 0. The molecular weight excluding hydrogens is 186 g/mol. The van der Waals surface area contributed by atoms with Gasteiger partial charge in [0.1, 0.15) is 0 Å². The zero-order chi connectivity index (χ0) is 10.7. The first-order valence-corrected chi connectivity index (χ1v) is 5.70. The fourth-order valence-corrected chi connectivity index (χ4v) is 2.19. The van der Waals surface area contributed by atoms with Crippen LogP contribution in [0, 0.1) is 6.92 Å². The zero-order valence-electron chi connectivity index (χ0n) is 9.24. The molecule has 0 bridgehead atoms. The summed E-state index contributed by atoms with van der Waals surface area (Å²) >= 11 is 0. The van der Waals surface area contributed by atoms with Gasteiger partial charge in [-0.05, 0) is 31.9 Å². The highest BCUT2D eigenvalue weighted by Crippen LogP contribution is 2.20. The van der Waals surface area contributed by atoms with E-state index >= 15 is 0 Å². The fraction of sp³-hybridized carbons (Fsp3) is 0.583. The second-order valence-electron chi connectivity index (χ2n) is 4.39. The highest BCUT2D eigenvalue weighted by atomic mass is 15.0. The number of nitrogens with two attached hydrogens (primary N) is 1. The number of aryl methyl sites for hydroxylation is 1. The van der Waals surface area contributed by atoms with E-state index in [1.54, 1.807) is 0 Å². The Labute approximate surface area is 91.1 Å². The maximum absolute atomic E-state index is 6.09. The van der Waals surface area contributed by atoms with Crippen molar-refractivity contribution in [2.75, 3.05) is 5.32 Å². The monoisotopic (exact) mass is 205 g/mol. The van der Waals surface area contributed by atoms with Crippen LogP contribution >= 0.6 is 0 Å². The van der Waals surface area contributed by atoms with Crippen LogP contribution < -0.4 is 11.1 Å². The summed E-state index contributed by atoms with van der Waals surface area (Å²) in [6, 6.07) is 4.81. The van der Waals surface area contributed by atoms with Crippen LogP contribution in [0.25, 0.3) is 0 Å². The Morgan fingerprint density at radius 2 is 2.20 bits per heavy atom. The van der Waals surface area contributed by atoms with E-state index in [4.69, 9.17) is 5.73 Å². The molecule has 0 aromatic carbocycles. The van der Waals surface area contributed by atoms with E-state index in [0.717, 1.165) is 17.8 Å². The molecule has 0 radical (unpaired) electrons. The van der Waals surface area contributed by atoms with Crippen LogP contribution in [-0.2, 0) is 0 Å². The number of pyridine rings is 1. The van der Waals surface area contributed by atoms with Crippen molar-refractivity contribution in [1.29, 1.82) is 0 Å². The molecule has 0 aliphatic heterocycles. The van der Waals surface area contributed by atoms with E-state index < -0.39 is 0 Å². The van der Waals surface area contributed by atoms with Gasteiger partial charge in [0, 0.05) is 29.7 Å². The van der Waals surface area contributed by atoms with Gasteiger partial charge in [-0.15, -0.1) is 0 Å². The molecule has 2 atom stereocenters. The van der Waals surface area contributed by atoms with Crippen LogP contribution in [-0.4, -0.2) is 17.1 Å². The van der Waals surface area contributed by atoms with E-state index in [1.165, 1.54) is 19.3 Å². The number of hydrogen-bond acceptors (Lipinski definition) is 3. The molecule has 1 aromatic heterocycles. The largest absolute Gasteiger partial charge is 0.381 e. The van der Waals surface area contributed by atoms with E-state index in [0.29, 0.717) is 12.1 Å². The first-order valence-electron chi connectivity index (χ1n) is 5.70. The maximum Gasteiger partial charge on any atom is 0.0412 e. The Balaban J connectivity index is 2.01. The molecule has 3 heteroatoms. The molecule has 1 aromatic rings. The summed E-state index contributed by atoms with van der Waals surface area (Å²) in [5, 5.41) is 3.51. The van der Waals surface area contributed by atoms with Gasteiger partial charge in [-0.3, -0.25) is 4.98 Å². The molecule has 1 aliphatic rings. The van der Waals surface area contributed by atoms with Crippen molar-refractivity contribution in [1.82, 2.24) is 4.98 Å². The molecule has 15 heavy (non-hydrogen) atoms. The van der Waals surface area contributed by atoms with Crippen LogP contribution in [0.5, 0.6) is 0 Å². The van der Waals surface area contributed by atoms with Crippen molar-refractivity contribution in [3.63, 3.8) is 0 Å². The molecule has 0 amide bonds. The van der Waals surface area contributed by atoms with Gasteiger partial charge in [-0.2, -0.15) is 0 Å². The Morgan fingerprint density at radius 1 is 1.40 bits per heavy atom. The Morgan fingerprint density at radius 3 is 2.93 bits per heavy atom. The van der Waals surface area contributed by atoms with Crippen molar-refractivity contribution in [3.8, 4) is 0 Å². The van der Waals surface area contributed by atoms with Crippen LogP contribution in [0.1, 0.15) is 31.4 Å². The normalized spacial score (nSPS) is 26.3. The van der Waals surface area contributed by atoms with Gasteiger partial charge in [0.25, 0.3) is 0 Å². The van der Waals surface area contributed by atoms with Gasteiger partial charge in [0.05, 0.1) is 0 Å². The minimum Gasteiger partial charge on any atom is -0.381 e. The van der Waals surface area contributed by atoms with E-state index in [1.807, 2.05) is 19.2 Å². The van der Waals surface area contributed by atoms with E-state index in [2.05, 4.69) is 16.4 Å². The predicted molar refractivity (Wildman–Crippen MR) is 62.8 cm³/mol. The molecule has 2 rings (SSSR count). The van der Waals surface area contributed by atoms with Crippen molar-refractivity contribution in [2.45, 2.75) is 44.7 Å². The number of aromatic nitrogens is 1. The molecule has 1 heterocycles. The minimum absolute atomic E-state index is 0.298. The lowest BCUT2D eigenvalue weighted by molar-refractivity contribution is 0.404. The summed E-state index contributed by atoms with van der Waals surface area (Å²) < 4.78 is 0. The average molecular weight is 205 g/mol. The summed E-state index contributed by atoms with van der Waals surface area (Å²) in [6.45, 7) is 2.01. The fourth-order valence-electron chi connectivity index (χ4n) is 2.19. The van der Waals surface area contributed by atoms with Crippen molar-refractivity contribution in [3.05, 3.63) is 24.0 Å². The van der Waals surface area contributed by atoms with Crippen LogP contribution in [0.4, 0.5) is 5.69 Å². The smallest absolute Gasteiger partial charge is 0.0412 e. The van der Waals surface area contributed by atoms with Crippen LogP contribution in [0.3, 0.4) is 0 Å². The third-order valence-corrected chi connectivity index (χ3v) is 3.07. The topological polar surface area (TPSA) is 50.9 Å². The Kier molecular flexibility index (Phi) is 3.21. The number of nitrogens with one attached hydrogen (secondary N) is 1. The molecule has 82 valence electrons. The third-order valence-electron chi connectivity index (χ3n) is 3.07. The standard InChI is InChI=1S/C12H19N3/c1-9-8-10(6-7-14-9)15-12-5-3-2-4-11(12)13/h6-8,11-12H,2-5,13H2,1H3,(H,14,15)/t11-,12-/m1/s1. The lowest BCUT2D eigenvalue weighted by atomic mass is 9.91. The number of anilines is 1. The highest BCUT2D eigenvalue weighted by Gasteiger charge is 2.21. The third kappa shape index (κ3) is 2.69. The van der Waals surface area contributed by atoms with Crippen molar-refractivity contribution in [2.24, 2.45) is 5.73 Å². The first-order chi connectivity index (χ1) is 7.25. The van der Waals surface area contributed by atoms with Crippen molar-refractivity contribution < 1.29 is 0 Å². The Hall–Kier alpha value is -1.09. The SMILES string of the molecule is Cc1cc(N[C@@H]2CCCC[C@H]2N)ccn1. The van der Waals surface area contributed by atoms with Gasteiger partial charge in [-0.1, -0.05) is 12.8 Å². The van der Waals surface area contributed by atoms with Crippen molar-refractivity contribution >= 4 is 5.69 Å². The van der Waals surface area contributed by atoms with Gasteiger partial charge >= 0.3 is 0 Å². The van der Waals surface area contributed by atoms with Gasteiger partial charge in [0.2, 0.25) is 0 Å². The molecule has 0 saturated heterocycles. The first kappa shape index (κ1) is 10.4. The average Bonchev–Trinajstić information content (AvgIpc) is 2.22. The summed E-state index contributed by atoms with van der Waals surface area (Å²) in [5.74, 6) is 0. The van der Waals surface area contributed by atoms with Gasteiger partial charge in [-0.25, -0.2) is 0 Å².